The van der Waals surface area contributed by atoms with Crippen LogP contribution in [-0.2, 0) is 16.1 Å². The first kappa shape index (κ1) is 18.4. The molecule has 0 radical (unpaired) electrons. The van der Waals surface area contributed by atoms with Crippen LogP contribution in [0.2, 0.25) is 0 Å². The van der Waals surface area contributed by atoms with E-state index in [1.54, 1.807) is 0 Å². The fourth-order valence-electron chi connectivity index (χ4n) is 3.12. The number of rotatable bonds is 5. The Morgan fingerprint density at radius 1 is 1.28 bits per heavy atom. The van der Waals surface area contributed by atoms with Crippen LogP contribution in [0.3, 0.4) is 0 Å². The van der Waals surface area contributed by atoms with Crippen LogP contribution in [0.25, 0.3) is 0 Å². The van der Waals surface area contributed by atoms with E-state index in [1.807, 2.05) is 48.1 Å². The van der Waals surface area contributed by atoms with Crippen LogP contribution in [0.5, 0.6) is 0 Å². The van der Waals surface area contributed by atoms with Gasteiger partial charge in [-0.3, -0.25) is 9.69 Å². The molecule has 2 saturated heterocycles. The molecule has 0 saturated carbocycles. The second-order valence-electron chi connectivity index (χ2n) is 6.68. The second kappa shape index (κ2) is 8.82. The second-order valence-corrected chi connectivity index (χ2v) is 7.91. The maximum absolute atomic E-state index is 12.6. The highest BCUT2D eigenvalue weighted by Gasteiger charge is 2.28. The Balaban J connectivity index is 1.59. The van der Waals surface area contributed by atoms with Gasteiger partial charge in [-0.1, -0.05) is 0 Å². The van der Waals surface area contributed by atoms with E-state index in [0.717, 1.165) is 43.2 Å². The minimum absolute atomic E-state index is 0.129. The van der Waals surface area contributed by atoms with Crippen LogP contribution in [0, 0.1) is 0 Å². The summed E-state index contributed by atoms with van der Waals surface area (Å²) in [5, 5.41) is 0. The predicted molar refractivity (Wildman–Crippen MR) is 99.9 cm³/mol. The Morgan fingerprint density at radius 2 is 2.00 bits per heavy atom. The summed E-state index contributed by atoms with van der Waals surface area (Å²) in [6, 6.07) is 0.129. The molecule has 3 rings (SSSR count). The highest BCUT2D eigenvalue weighted by atomic mass is 32.2. The van der Waals surface area contributed by atoms with Crippen molar-refractivity contribution in [2.75, 3.05) is 63.3 Å². The zero-order valence-electron chi connectivity index (χ0n) is 15.1. The van der Waals surface area contributed by atoms with Gasteiger partial charge in [-0.25, -0.2) is 9.97 Å². The molecule has 2 aliphatic heterocycles. The topological polar surface area (TPSA) is 61.8 Å². The third-order valence-electron chi connectivity index (χ3n) is 4.60. The van der Waals surface area contributed by atoms with Crippen molar-refractivity contribution in [2.24, 2.45) is 0 Å². The molecular weight excluding hydrogens is 338 g/mol. The van der Waals surface area contributed by atoms with Gasteiger partial charge < -0.3 is 14.5 Å². The molecule has 1 amide bonds. The highest BCUT2D eigenvalue weighted by Crippen LogP contribution is 2.18. The van der Waals surface area contributed by atoms with E-state index in [2.05, 4.69) is 14.9 Å². The lowest BCUT2D eigenvalue weighted by Gasteiger charge is -2.36. The van der Waals surface area contributed by atoms with Gasteiger partial charge in [0.25, 0.3) is 0 Å². The monoisotopic (exact) mass is 365 g/mol. The normalized spacial score (nSPS) is 22.0. The molecule has 0 N–H and O–H groups in total. The molecule has 8 heteroatoms. The summed E-state index contributed by atoms with van der Waals surface area (Å²) in [6.07, 6.45) is 4.28. The third kappa shape index (κ3) is 5.05. The fraction of sp³-hybridized carbons (Fsp3) is 0.706. The van der Waals surface area contributed by atoms with E-state index in [-0.39, 0.29) is 11.9 Å². The first-order valence-corrected chi connectivity index (χ1v) is 9.94. The number of carbonyl (C=O) groups is 1. The third-order valence-corrected chi connectivity index (χ3v) is 5.54. The summed E-state index contributed by atoms with van der Waals surface area (Å²) in [5.74, 6) is 3.05. The first-order chi connectivity index (χ1) is 12.1. The maximum atomic E-state index is 12.6. The van der Waals surface area contributed by atoms with E-state index in [0.29, 0.717) is 25.6 Å². The van der Waals surface area contributed by atoms with Crippen molar-refractivity contribution in [1.82, 2.24) is 19.8 Å². The Kier molecular flexibility index (Phi) is 6.50. The average Bonchev–Trinajstić information content (AvgIpc) is 2.64. The SMILES string of the molecule is CN(C)c1ncc(CN2CCOC[C@H]2CC(=O)N2CCSCC2)cn1. The van der Waals surface area contributed by atoms with Crippen molar-refractivity contribution < 1.29 is 9.53 Å². The summed E-state index contributed by atoms with van der Waals surface area (Å²) < 4.78 is 5.63. The maximum Gasteiger partial charge on any atom is 0.224 e. The van der Waals surface area contributed by atoms with E-state index in [4.69, 9.17) is 4.74 Å². The highest BCUT2D eigenvalue weighted by molar-refractivity contribution is 7.99. The van der Waals surface area contributed by atoms with Crippen molar-refractivity contribution in [3.63, 3.8) is 0 Å². The number of amides is 1. The summed E-state index contributed by atoms with van der Waals surface area (Å²) in [5.41, 5.74) is 1.07. The lowest BCUT2D eigenvalue weighted by Crippen LogP contribution is -2.48. The van der Waals surface area contributed by atoms with Crippen LogP contribution in [-0.4, -0.2) is 90.2 Å². The largest absolute Gasteiger partial charge is 0.378 e. The number of aromatic nitrogens is 2. The number of thioether (sulfide) groups is 1. The van der Waals surface area contributed by atoms with Gasteiger partial charge in [0.1, 0.15) is 0 Å². The van der Waals surface area contributed by atoms with Crippen LogP contribution in [0.15, 0.2) is 12.4 Å². The quantitative estimate of drug-likeness (QED) is 0.761. The standard InChI is InChI=1S/C17H27N5O2S/c1-20(2)17-18-10-14(11-19-17)12-22-3-6-24-13-15(22)9-16(23)21-4-7-25-8-5-21/h10-11,15H,3-9,12-13H2,1-2H3/t15-/m1/s1. The van der Waals surface area contributed by atoms with Gasteiger partial charge in [-0.15, -0.1) is 0 Å². The molecule has 25 heavy (non-hydrogen) atoms. The fourth-order valence-corrected chi connectivity index (χ4v) is 4.03. The molecule has 0 unspecified atom stereocenters. The van der Waals surface area contributed by atoms with Crippen LogP contribution < -0.4 is 4.90 Å². The van der Waals surface area contributed by atoms with Crippen LogP contribution >= 0.6 is 11.8 Å². The molecule has 0 aliphatic carbocycles. The molecule has 1 aromatic rings. The van der Waals surface area contributed by atoms with Gasteiger partial charge in [-0.2, -0.15) is 11.8 Å². The lowest BCUT2D eigenvalue weighted by molar-refractivity contribution is -0.134. The van der Waals surface area contributed by atoms with Crippen molar-refractivity contribution in [3.8, 4) is 0 Å². The Hall–Kier alpha value is -1.38. The zero-order chi connectivity index (χ0) is 17.6. The first-order valence-electron chi connectivity index (χ1n) is 8.79. The van der Waals surface area contributed by atoms with Gasteiger partial charge in [0.2, 0.25) is 11.9 Å². The van der Waals surface area contributed by atoms with Gasteiger partial charge >= 0.3 is 0 Å². The van der Waals surface area contributed by atoms with Crippen LogP contribution in [0.1, 0.15) is 12.0 Å². The molecule has 7 nitrogen and oxygen atoms in total. The van der Waals surface area contributed by atoms with Crippen molar-refractivity contribution in [1.29, 1.82) is 0 Å². The van der Waals surface area contributed by atoms with E-state index >= 15 is 0 Å². The number of anilines is 1. The molecule has 0 bridgehead atoms. The molecular formula is C17H27N5O2S. The molecule has 1 atom stereocenters. The van der Waals surface area contributed by atoms with Crippen molar-refractivity contribution in [2.45, 2.75) is 19.0 Å². The number of hydrogen-bond donors (Lipinski definition) is 0. The van der Waals surface area contributed by atoms with Crippen molar-refractivity contribution >= 4 is 23.6 Å². The lowest BCUT2D eigenvalue weighted by atomic mass is 10.1. The van der Waals surface area contributed by atoms with E-state index in [9.17, 15) is 4.79 Å². The predicted octanol–water partition coefficient (Wildman–Crippen LogP) is 0.709. The van der Waals surface area contributed by atoms with Gasteiger partial charge in [-0.05, 0) is 0 Å². The molecule has 1 aromatic heterocycles. The number of ether oxygens (including phenoxy) is 1. The summed E-state index contributed by atoms with van der Waals surface area (Å²) in [6.45, 7) is 4.66. The number of morpholine rings is 1. The number of hydrogen-bond acceptors (Lipinski definition) is 7. The smallest absolute Gasteiger partial charge is 0.224 e. The molecule has 3 heterocycles. The Labute approximate surface area is 153 Å². The minimum atomic E-state index is 0.129. The van der Waals surface area contributed by atoms with Crippen molar-refractivity contribution in [3.05, 3.63) is 18.0 Å². The van der Waals surface area contributed by atoms with Gasteiger partial charge in [0.05, 0.1) is 13.2 Å². The van der Waals surface area contributed by atoms with E-state index in [1.165, 1.54) is 0 Å². The van der Waals surface area contributed by atoms with Crippen LogP contribution in [0.4, 0.5) is 5.95 Å². The molecule has 2 fully saturated rings. The van der Waals surface area contributed by atoms with E-state index < -0.39 is 0 Å². The number of nitrogens with zero attached hydrogens (tertiary/aromatic N) is 5. The summed E-state index contributed by atoms with van der Waals surface area (Å²) in [7, 11) is 3.86. The molecule has 0 aromatic carbocycles. The zero-order valence-corrected chi connectivity index (χ0v) is 15.9. The Bertz CT molecular complexity index is 563. The summed E-state index contributed by atoms with van der Waals surface area (Å²) >= 11 is 1.92. The average molecular weight is 366 g/mol. The Morgan fingerprint density at radius 3 is 2.68 bits per heavy atom. The molecule has 138 valence electrons. The minimum Gasteiger partial charge on any atom is -0.378 e. The molecule has 0 spiro atoms. The van der Waals surface area contributed by atoms with Gasteiger partial charge in [0.15, 0.2) is 0 Å². The van der Waals surface area contributed by atoms with Gasteiger partial charge in [0, 0.05) is 82.2 Å². The molecule has 2 aliphatic rings. The summed E-state index contributed by atoms with van der Waals surface area (Å²) in [4.78, 5) is 27.6. The number of carbonyl (C=O) groups excluding carboxylic acids is 1.